The zero-order chi connectivity index (χ0) is 28.3. The molecule has 0 aliphatic heterocycles. The Bertz CT molecular complexity index is 869. The number of hydrogen-bond donors (Lipinski definition) is 3. The smallest absolute Gasteiger partial charge is 0.267 e. The Morgan fingerprint density at radius 1 is 0.737 bits per heavy atom. The van der Waals surface area contributed by atoms with Crippen molar-refractivity contribution >= 4 is 16.0 Å². The maximum Gasteiger partial charge on any atom is 0.267 e. The van der Waals surface area contributed by atoms with Gasteiger partial charge in [0.15, 0.2) is 0 Å². The highest BCUT2D eigenvalue weighted by Crippen LogP contribution is 2.08. The Hall–Kier alpha value is -2.22. The summed E-state index contributed by atoms with van der Waals surface area (Å²) in [7, 11) is -4.36. The van der Waals surface area contributed by atoms with Crippen LogP contribution in [0, 0.1) is 0 Å². The Labute approximate surface area is 232 Å². The molecule has 0 saturated heterocycles. The third-order valence-electron chi connectivity index (χ3n) is 5.67. The summed E-state index contributed by atoms with van der Waals surface area (Å²) in [5.74, 6) is -1.16. The monoisotopic (exact) mass is 549 g/mol. The van der Waals surface area contributed by atoms with Crippen LogP contribution in [0.5, 0.6) is 0 Å². The van der Waals surface area contributed by atoms with E-state index >= 15 is 0 Å². The van der Waals surface area contributed by atoms with Crippen LogP contribution in [0.4, 0.5) is 0 Å². The normalized spacial score (nSPS) is 14.7. The molecule has 0 bridgehead atoms. The quantitative estimate of drug-likeness (QED) is 0.0712. The number of carbonyl (C=O) groups excluding carboxylic acids is 1. The Morgan fingerprint density at radius 3 is 1.76 bits per heavy atom. The highest BCUT2D eigenvalue weighted by Gasteiger charge is 2.24. The lowest BCUT2D eigenvalue weighted by atomic mass is 10.1. The number of allylic oxidation sites excluding steroid dienone is 10. The molecular weight excluding hydrogens is 498 g/mol. The van der Waals surface area contributed by atoms with Crippen LogP contribution < -0.4 is 5.32 Å². The first-order valence-corrected chi connectivity index (χ1v) is 15.7. The van der Waals surface area contributed by atoms with Gasteiger partial charge in [0.05, 0.1) is 17.9 Å². The first-order chi connectivity index (χ1) is 18.3. The molecule has 0 saturated carbocycles. The minimum Gasteiger partial charge on any atom is -0.387 e. The average Bonchev–Trinajstić information content (AvgIpc) is 2.86. The molecule has 2 unspecified atom stereocenters. The van der Waals surface area contributed by atoms with Gasteiger partial charge < -0.3 is 10.4 Å². The molecule has 0 heterocycles. The number of nitrogens with one attached hydrogen (secondary N) is 1. The topological polar surface area (TPSA) is 104 Å². The number of unbranched alkanes of at least 4 members (excludes halogenated alkanes) is 6. The minimum absolute atomic E-state index is 0.0592. The molecule has 0 fully saturated rings. The van der Waals surface area contributed by atoms with Crippen molar-refractivity contribution in [3.8, 4) is 0 Å². The first-order valence-electron chi connectivity index (χ1n) is 14.1. The van der Waals surface area contributed by atoms with Crippen molar-refractivity contribution in [3.05, 3.63) is 72.9 Å². The SMILES string of the molecule is CC/C=C\C/C=C\C/C=C\C/C=C\C/C=C\CC(=O)NC(CS(=O)(=O)O)C(O)/C=C/CCCCCCCC. The number of amides is 1. The lowest BCUT2D eigenvalue weighted by molar-refractivity contribution is -0.121. The summed E-state index contributed by atoms with van der Waals surface area (Å²) in [6, 6.07) is -1.11. The fraction of sp³-hybridized carbons (Fsp3) is 0.581. The van der Waals surface area contributed by atoms with E-state index in [1.807, 2.05) is 12.2 Å². The molecule has 0 spiro atoms. The van der Waals surface area contributed by atoms with Crippen LogP contribution in [-0.2, 0) is 14.9 Å². The fourth-order valence-electron chi connectivity index (χ4n) is 3.57. The van der Waals surface area contributed by atoms with E-state index in [-0.39, 0.29) is 6.42 Å². The van der Waals surface area contributed by atoms with Crippen LogP contribution in [0.1, 0.15) is 97.3 Å². The highest BCUT2D eigenvalue weighted by molar-refractivity contribution is 7.85. The van der Waals surface area contributed by atoms with Crippen molar-refractivity contribution in [1.29, 1.82) is 0 Å². The fourth-order valence-corrected chi connectivity index (χ4v) is 4.31. The molecule has 38 heavy (non-hydrogen) atoms. The number of rotatable bonds is 23. The van der Waals surface area contributed by atoms with Gasteiger partial charge in [-0.3, -0.25) is 9.35 Å². The van der Waals surface area contributed by atoms with Gasteiger partial charge in [-0.2, -0.15) is 8.42 Å². The van der Waals surface area contributed by atoms with Gasteiger partial charge in [-0.1, -0.05) is 119 Å². The molecule has 3 N–H and O–H groups in total. The van der Waals surface area contributed by atoms with Crippen molar-refractivity contribution in [3.63, 3.8) is 0 Å². The van der Waals surface area contributed by atoms with Crippen LogP contribution in [0.25, 0.3) is 0 Å². The first kappa shape index (κ1) is 35.8. The molecule has 0 aromatic heterocycles. The average molecular weight is 550 g/mol. The number of aliphatic hydroxyl groups excluding tert-OH is 1. The van der Waals surface area contributed by atoms with Gasteiger partial charge in [0.25, 0.3) is 10.1 Å². The van der Waals surface area contributed by atoms with E-state index in [9.17, 15) is 22.9 Å². The van der Waals surface area contributed by atoms with E-state index in [1.54, 1.807) is 12.2 Å². The van der Waals surface area contributed by atoms with Gasteiger partial charge in [-0.25, -0.2) is 0 Å². The lowest BCUT2D eigenvalue weighted by Gasteiger charge is -2.20. The zero-order valence-corrected chi connectivity index (χ0v) is 24.3. The molecule has 7 heteroatoms. The predicted molar refractivity (Wildman–Crippen MR) is 161 cm³/mol. The molecule has 0 aromatic carbocycles. The summed E-state index contributed by atoms with van der Waals surface area (Å²) in [5.41, 5.74) is 0. The predicted octanol–water partition coefficient (Wildman–Crippen LogP) is 7.17. The molecule has 0 rings (SSSR count). The standard InChI is InChI=1S/C31H51NO5S/c1-3-5-7-9-11-13-14-15-16-17-18-19-21-23-25-27-31(34)32-29(28-38(35,36)37)30(33)26-24-22-20-12-10-8-6-4-2/h5,7,11,13,15-16,18-19,23-26,29-30,33H,3-4,6,8-10,12,14,17,20-22,27-28H2,1-2H3,(H,32,34)(H,35,36,37)/b7-5-,13-11-,16-15-,19-18-,25-23-,26-24+. The maximum atomic E-state index is 12.3. The van der Waals surface area contributed by atoms with Crippen molar-refractivity contribution in [2.45, 2.75) is 109 Å². The molecular formula is C31H51NO5S. The molecule has 0 aliphatic rings. The molecule has 1 amide bonds. The molecule has 0 radical (unpaired) electrons. The number of hydrogen-bond acceptors (Lipinski definition) is 4. The van der Waals surface area contributed by atoms with E-state index in [4.69, 9.17) is 0 Å². The Balaban J connectivity index is 4.34. The summed E-state index contributed by atoms with van der Waals surface area (Å²) >= 11 is 0. The molecule has 6 nitrogen and oxygen atoms in total. The van der Waals surface area contributed by atoms with Gasteiger partial charge in [0.1, 0.15) is 0 Å². The second kappa shape index (κ2) is 25.1. The molecule has 0 aliphatic carbocycles. The van der Waals surface area contributed by atoms with E-state index in [0.29, 0.717) is 6.42 Å². The van der Waals surface area contributed by atoms with Crippen LogP contribution in [-0.4, -0.2) is 41.9 Å². The second-order valence-corrected chi connectivity index (χ2v) is 10.8. The van der Waals surface area contributed by atoms with Gasteiger partial charge in [0.2, 0.25) is 5.91 Å². The van der Waals surface area contributed by atoms with Gasteiger partial charge in [0, 0.05) is 6.42 Å². The van der Waals surface area contributed by atoms with Crippen LogP contribution in [0.15, 0.2) is 72.9 Å². The third kappa shape index (κ3) is 25.4. The van der Waals surface area contributed by atoms with Gasteiger partial charge in [-0.05, 0) is 44.9 Å². The lowest BCUT2D eigenvalue weighted by Crippen LogP contribution is -2.46. The second-order valence-electron chi connectivity index (χ2n) is 9.31. The van der Waals surface area contributed by atoms with Crippen molar-refractivity contribution < 1.29 is 22.9 Å². The maximum absolute atomic E-state index is 12.3. The zero-order valence-electron chi connectivity index (χ0n) is 23.5. The summed E-state index contributed by atoms with van der Waals surface area (Å²) in [6.07, 6.45) is 34.9. The molecule has 2 atom stereocenters. The Kier molecular flexibility index (Phi) is 23.6. The van der Waals surface area contributed by atoms with Crippen molar-refractivity contribution in [1.82, 2.24) is 5.32 Å². The van der Waals surface area contributed by atoms with E-state index < -0.39 is 33.9 Å². The number of carbonyl (C=O) groups is 1. The van der Waals surface area contributed by atoms with Crippen LogP contribution in [0.2, 0.25) is 0 Å². The van der Waals surface area contributed by atoms with E-state index in [1.165, 1.54) is 31.8 Å². The van der Waals surface area contributed by atoms with Crippen molar-refractivity contribution in [2.75, 3.05) is 5.75 Å². The summed E-state index contributed by atoms with van der Waals surface area (Å²) in [5, 5.41) is 12.9. The highest BCUT2D eigenvalue weighted by atomic mass is 32.2. The van der Waals surface area contributed by atoms with Gasteiger partial charge >= 0.3 is 0 Å². The molecule has 0 aromatic rings. The van der Waals surface area contributed by atoms with E-state index in [2.05, 4.69) is 61.7 Å². The van der Waals surface area contributed by atoms with E-state index in [0.717, 1.165) is 44.9 Å². The summed E-state index contributed by atoms with van der Waals surface area (Å²) in [4.78, 5) is 12.3. The van der Waals surface area contributed by atoms with Crippen LogP contribution >= 0.6 is 0 Å². The minimum atomic E-state index is -4.36. The summed E-state index contributed by atoms with van der Waals surface area (Å²) < 4.78 is 32.0. The van der Waals surface area contributed by atoms with Crippen LogP contribution in [0.3, 0.4) is 0 Å². The molecule has 216 valence electrons. The Morgan fingerprint density at radius 2 is 1.24 bits per heavy atom. The largest absolute Gasteiger partial charge is 0.387 e. The van der Waals surface area contributed by atoms with Gasteiger partial charge in [-0.15, -0.1) is 0 Å². The third-order valence-corrected chi connectivity index (χ3v) is 6.45. The van der Waals surface area contributed by atoms with Crippen molar-refractivity contribution in [2.24, 2.45) is 0 Å². The summed E-state index contributed by atoms with van der Waals surface area (Å²) in [6.45, 7) is 4.30. The number of aliphatic hydroxyl groups is 1.